The average molecular weight is 697 g/mol. The van der Waals surface area contributed by atoms with Crippen LogP contribution in [0.1, 0.15) is 136 Å². The van der Waals surface area contributed by atoms with E-state index in [1.807, 2.05) is 55.5 Å². The van der Waals surface area contributed by atoms with Gasteiger partial charge in [0.25, 0.3) is 0 Å². The molecule has 10 heteroatoms. The maximum Gasteiger partial charge on any atom is 0.469 e. The molecule has 0 aromatic rings. The van der Waals surface area contributed by atoms with Crippen LogP contribution in [0.25, 0.3) is 0 Å². The zero-order chi connectivity index (χ0) is 35.7. The van der Waals surface area contributed by atoms with Gasteiger partial charge in [-0.05, 0) is 50.9 Å². The first-order valence-electron chi connectivity index (χ1n) is 18.0. The van der Waals surface area contributed by atoms with E-state index in [9.17, 15) is 19.3 Å². The summed E-state index contributed by atoms with van der Waals surface area (Å²) in [7, 11) is -4.77. The van der Waals surface area contributed by atoms with Gasteiger partial charge in [-0.25, -0.2) is 4.57 Å². The molecule has 0 bridgehead atoms. The first kappa shape index (κ1) is 45.7. The van der Waals surface area contributed by atoms with Crippen molar-refractivity contribution in [1.29, 1.82) is 0 Å². The van der Waals surface area contributed by atoms with E-state index in [0.717, 1.165) is 44.4 Å². The number of carbonyl (C=O) groups is 2. The largest absolute Gasteiger partial charge is 0.469 e. The van der Waals surface area contributed by atoms with Gasteiger partial charge in [-0.15, -0.1) is 0 Å². The topological polar surface area (TPSA) is 140 Å². The Kier molecular flexibility index (Phi) is 30.4. The first-order valence-corrected chi connectivity index (χ1v) is 19.6. The first-order chi connectivity index (χ1) is 23.0. The fourth-order valence-electron chi connectivity index (χ4n) is 4.61. The van der Waals surface area contributed by atoms with Gasteiger partial charge in [0, 0.05) is 12.8 Å². The SMILES string of the molecule is CC/C=C\C(O)C/C=C/C=C\C/C=C\C/C=C\CCCC(=O)OC[C@H](COP(=O)(O)O)OC(=O)CCCCCCCCCCCC(C)C. The molecule has 2 atom stereocenters. The summed E-state index contributed by atoms with van der Waals surface area (Å²) < 4.78 is 26.2. The van der Waals surface area contributed by atoms with Gasteiger partial charge in [0.15, 0.2) is 6.10 Å². The highest BCUT2D eigenvalue weighted by molar-refractivity contribution is 7.46. The van der Waals surface area contributed by atoms with Crippen molar-refractivity contribution in [2.45, 2.75) is 149 Å². The van der Waals surface area contributed by atoms with E-state index in [2.05, 4.69) is 30.5 Å². The number of esters is 2. The minimum atomic E-state index is -4.77. The van der Waals surface area contributed by atoms with Crippen molar-refractivity contribution in [2.24, 2.45) is 5.92 Å². The highest BCUT2D eigenvalue weighted by Gasteiger charge is 2.22. The van der Waals surface area contributed by atoms with E-state index < -0.39 is 38.6 Å². The third-order valence-corrected chi connectivity index (χ3v) is 7.79. The number of carbonyl (C=O) groups excluding carboxylic acids is 2. The molecule has 0 fully saturated rings. The van der Waals surface area contributed by atoms with Crippen LogP contribution in [-0.2, 0) is 28.2 Å². The molecule has 0 heterocycles. The number of unbranched alkanes of at least 4 members (excludes halogenated alkanes) is 9. The monoisotopic (exact) mass is 696 g/mol. The average Bonchev–Trinajstić information content (AvgIpc) is 3.03. The van der Waals surface area contributed by atoms with Crippen LogP contribution in [0.2, 0.25) is 0 Å². The van der Waals surface area contributed by atoms with Gasteiger partial charge in [-0.3, -0.25) is 14.1 Å². The van der Waals surface area contributed by atoms with Crippen LogP contribution in [0.15, 0.2) is 60.8 Å². The second-order valence-electron chi connectivity index (χ2n) is 12.5. The molecule has 0 spiro atoms. The van der Waals surface area contributed by atoms with E-state index >= 15 is 0 Å². The highest BCUT2D eigenvalue weighted by Crippen LogP contribution is 2.36. The number of aliphatic hydroxyl groups excluding tert-OH is 1. The normalized spacial score (nSPS) is 14.0. The fourth-order valence-corrected chi connectivity index (χ4v) is 4.97. The smallest absolute Gasteiger partial charge is 0.462 e. The van der Waals surface area contributed by atoms with Gasteiger partial charge in [-0.1, -0.05) is 139 Å². The van der Waals surface area contributed by atoms with Crippen molar-refractivity contribution in [1.82, 2.24) is 0 Å². The predicted molar refractivity (Wildman–Crippen MR) is 194 cm³/mol. The summed E-state index contributed by atoms with van der Waals surface area (Å²) >= 11 is 0. The lowest BCUT2D eigenvalue weighted by Crippen LogP contribution is -2.29. The fraction of sp³-hybridized carbons (Fsp3) is 0.684. The Hall–Kier alpha value is -2.29. The molecule has 1 unspecified atom stereocenters. The molecule has 0 aliphatic rings. The highest BCUT2D eigenvalue weighted by atomic mass is 31.2. The number of allylic oxidation sites excluding steroid dienone is 8. The van der Waals surface area contributed by atoms with Gasteiger partial charge in [0.2, 0.25) is 0 Å². The molecule has 0 aromatic heterocycles. The minimum Gasteiger partial charge on any atom is -0.462 e. The zero-order valence-electron chi connectivity index (χ0n) is 29.9. The van der Waals surface area contributed by atoms with Gasteiger partial charge in [0.05, 0.1) is 12.7 Å². The van der Waals surface area contributed by atoms with Crippen LogP contribution in [0.3, 0.4) is 0 Å². The maximum absolute atomic E-state index is 12.3. The summed E-state index contributed by atoms with van der Waals surface area (Å²) in [5.41, 5.74) is 0. The maximum atomic E-state index is 12.3. The molecule has 0 rings (SSSR count). The van der Waals surface area contributed by atoms with Crippen molar-refractivity contribution in [3.05, 3.63) is 60.8 Å². The van der Waals surface area contributed by atoms with Crippen LogP contribution >= 0.6 is 7.82 Å². The van der Waals surface area contributed by atoms with Crippen molar-refractivity contribution in [3.8, 4) is 0 Å². The van der Waals surface area contributed by atoms with Gasteiger partial charge in [0.1, 0.15) is 6.61 Å². The Morgan fingerprint density at radius 2 is 1.29 bits per heavy atom. The van der Waals surface area contributed by atoms with Crippen molar-refractivity contribution in [2.75, 3.05) is 13.2 Å². The third-order valence-electron chi connectivity index (χ3n) is 7.30. The molecule has 0 aliphatic heterocycles. The van der Waals surface area contributed by atoms with E-state index in [-0.39, 0.29) is 19.4 Å². The van der Waals surface area contributed by atoms with Gasteiger partial charge < -0.3 is 24.4 Å². The zero-order valence-corrected chi connectivity index (χ0v) is 30.8. The number of hydrogen-bond acceptors (Lipinski definition) is 7. The molecule has 0 aromatic carbocycles. The van der Waals surface area contributed by atoms with Crippen LogP contribution in [0.4, 0.5) is 0 Å². The standard InChI is InChI=1S/C38H65O9P/c1-4-5-28-35(39)29-24-20-16-12-8-6-7-9-13-17-21-25-30-37(40)45-32-36(33-46-48(42,43)44)47-38(41)31-26-22-18-14-10-11-15-19-23-27-34(2)3/h5-7,12-13,16-17,20,24,28,34-36,39H,4,8-11,14-15,18-19,21-23,25-27,29-33H2,1-3H3,(H2,42,43,44)/b7-6-,16-12-,17-13-,24-20+,28-5-/t35?,36-/m1/s1. The van der Waals surface area contributed by atoms with Crippen LogP contribution < -0.4 is 0 Å². The van der Waals surface area contributed by atoms with Crippen LogP contribution in [-0.4, -0.2) is 52.3 Å². The number of phosphoric acid groups is 1. The molecule has 0 saturated carbocycles. The third kappa shape index (κ3) is 35.0. The predicted octanol–water partition coefficient (Wildman–Crippen LogP) is 9.39. The molecule has 0 aliphatic carbocycles. The summed E-state index contributed by atoms with van der Waals surface area (Å²) in [6.45, 7) is 5.66. The van der Waals surface area contributed by atoms with Crippen molar-refractivity contribution in [3.63, 3.8) is 0 Å². The molecule has 276 valence electrons. The van der Waals surface area contributed by atoms with E-state index in [0.29, 0.717) is 25.7 Å². The number of ether oxygens (including phenoxy) is 2. The molecular weight excluding hydrogens is 631 g/mol. The second-order valence-corrected chi connectivity index (χ2v) is 13.7. The number of aliphatic hydroxyl groups is 1. The van der Waals surface area contributed by atoms with E-state index in [1.165, 1.54) is 38.5 Å². The molecule has 0 saturated heterocycles. The number of phosphoric ester groups is 1. The Morgan fingerprint density at radius 3 is 1.94 bits per heavy atom. The quantitative estimate of drug-likeness (QED) is 0.0213. The lowest BCUT2D eigenvalue weighted by Gasteiger charge is -2.18. The Morgan fingerprint density at radius 1 is 0.708 bits per heavy atom. The molecule has 48 heavy (non-hydrogen) atoms. The molecule has 0 radical (unpaired) electrons. The summed E-state index contributed by atoms with van der Waals surface area (Å²) in [5, 5.41) is 9.72. The molecule has 9 nitrogen and oxygen atoms in total. The number of rotatable bonds is 31. The summed E-state index contributed by atoms with van der Waals surface area (Å²) in [6.07, 6.45) is 34.5. The summed E-state index contributed by atoms with van der Waals surface area (Å²) in [6, 6.07) is 0. The Labute approximate surface area is 290 Å². The summed E-state index contributed by atoms with van der Waals surface area (Å²) in [5.74, 6) is -0.208. The molecule has 0 amide bonds. The van der Waals surface area contributed by atoms with Gasteiger partial charge >= 0.3 is 19.8 Å². The summed E-state index contributed by atoms with van der Waals surface area (Å²) in [4.78, 5) is 42.6. The van der Waals surface area contributed by atoms with Gasteiger partial charge in [-0.2, -0.15) is 0 Å². The lowest BCUT2D eigenvalue weighted by atomic mass is 10.0. The van der Waals surface area contributed by atoms with Crippen molar-refractivity contribution < 1.29 is 43.0 Å². The molecule has 3 N–H and O–H groups in total. The minimum absolute atomic E-state index is 0.169. The van der Waals surface area contributed by atoms with E-state index in [1.54, 1.807) is 0 Å². The number of hydrogen-bond donors (Lipinski definition) is 3. The van der Waals surface area contributed by atoms with Crippen molar-refractivity contribution >= 4 is 19.8 Å². The lowest BCUT2D eigenvalue weighted by molar-refractivity contribution is -0.161. The molecular formula is C38H65O9P. The Bertz CT molecular complexity index is 994. The van der Waals surface area contributed by atoms with E-state index in [4.69, 9.17) is 19.3 Å². The second kappa shape index (κ2) is 31.9. The van der Waals surface area contributed by atoms with Crippen LogP contribution in [0, 0.1) is 5.92 Å². The van der Waals surface area contributed by atoms with Crippen LogP contribution in [0.5, 0.6) is 0 Å². The Balaban J connectivity index is 4.14.